The van der Waals surface area contributed by atoms with Crippen LogP contribution < -0.4 is 5.32 Å². The van der Waals surface area contributed by atoms with Crippen molar-refractivity contribution < 1.29 is 4.39 Å². The van der Waals surface area contributed by atoms with Gasteiger partial charge in [-0.05, 0) is 70.2 Å². The first kappa shape index (κ1) is 15.0. The Balaban J connectivity index is 1.94. The molecule has 2 unspecified atom stereocenters. The molecule has 1 N–H and O–H groups in total. The largest absolute Gasteiger partial charge is 0.316 e. The predicted octanol–water partition coefficient (Wildman–Crippen LogP) is 5.10. The highest BCUT2D eigenvalue weighted by atomic mass is 79.9. The first-order valence-electron chi connectivity index (χ1n) is 7.06. The van der Waals surface area contributed by atoms with Crippen molar-refractivity contribution in [3.8, 4) is 0 Å². The van der Waals surface area contributed by atoms with Gasteiger partial charge < -0.3 is 5.32 Å². The molecule has 1 fully saturated rings. The summed E-state index contributed by atoms with van der Waals surface area (Å²) in [7, 11) is 0. The normalized spacial score (nSPS) is 22.2. The zero-order valence-corrected chi connectivity index (χ0v) is 13.8. The Labute approximate surface area is 137 Å². The fraction of sp³-hybridized carbons (Fsp3) is 0.294. The molecule has 0 aliphatic carbocycles. The van der Waals surface area contributed by atoms with E-state index in [1.807, 2.05) is 18.2 Å². The molecule has 0 bridgehead atoms. The van der Waals surface area contributed by atoms with Crippen LogP contribution in [0.3, 0.4) is 0 Å². The summed E-state index contributed by atoms with van der Waals surface area (Å²) in [5.41, 5.74) is 2.32. The third-order valence-electron chi connectivity index (χ3n) is 4.15. The van der Waals surface area contributed by atoms with Crippen molar-refractivity contribution in [2.24, 2.45) is 0 Å². The Morgan fingerprint density at radius 3 is 2.48 bits per heavy atom. The highest BCUT2D eigenvalue weighted by Crippen LogP contribution is 2.38. The van der Waals surface area contributed by atoms with E-state index in [0.717, 1.165) is 30.1 Å². The van der Waals surface area contributed by atoms with Crippen molar-refractivity contribution >= 4 is 27.5 Å². The van der Waals surface area contributed by atoms with E-state index in [1.165, 1.54) is 5.56 Å². The van der Waals surface area contributed by atoms with E-state index in [4.69, 9.17) is 11.6 Å². The van der Waals surface area contributed by atoms with Gasteiger partial charge >= 0.3 is 0 Å². The molecule has 0 spiro atoms. The zero-order chi connectivity index (χ0) is 14.8. The monoisotopic (exact) mass is 367 g/mol. The van der Waals surface area contributed by atoms with Gasteiger partial charge in [-0.1, -0.05) is 29.8 Å². The van der Waals surface area contributed by atoms with Gasteiger partial charge in [-0.3, -0.25) is 0 Å². The highest BCUT2D eigenvalue weighted by Gasteiger charge is 2.28. The number of nitrogens with one attached hydrogen (secondary N) is 1. The lowest BCUT2D eigenvalue weighted by Crippen LogP contribution is -2.34. The number of hydrogen-bond acceptors (Lipinski definition) is 1. The molecule has 1 nitrogen and oxygen atoms in total. The second-order valence-corrected chi connectivity index (χ2v) is 6.72. The van der Waals surface area contributed by atoms with Crippen LogP contribution in [0.1, 0.15) is 29.4 Å². The molecule has 3 rings (SSSR count). The van der Waals surface area contributed by atoms with E-state index < -0.39 is 0 Å². The molecule has 0 radical (unpaired) electrons. The van der Waals surface area contributed by atoms with Crippen LogP contribution in [0, 0.1) is 5.82 Å². The zero-order valence-electron chi connectivity index (χ0n) is 11.5. The maximum Gasteiger partial charge on any atom is 0.137 e. The molecule has 2 atom stereocenters. The van der Waals surface area contributed by atoms with Crippen LogP contribution in [0.5, 0.6) is 0 Å². The van der Waals surface area contributed by atoms with Crippen molar-refractivity contribution in [1.82, 2.24) is 5.32 Å². The van der Waals surface area contributed by atoms with E-state index >= 15 is 0 Å². The smallest absolute Gasteiger partial charge is 0.137 e. The van der Waals surface area contributed by atoms with Crippen LogP contribution in [-0.4, -0.2) is 13.1 Å². The first-order chi connectivity index (χ1) is 10.1. The molecule has 0 amide bonds. The van der Waals surface area contributed by atoms with E-state index in [9.17, 15) is 4.39 Å². The number of rotatable bonds is 2. The van der Waals surface area contributed by atoms with Gasteiger partial charge in [0, 0.05) is 17.5 Å². The van der Waals surface area contributed by atoms with Crippen LogP contribution in [0.4, 0.5) is 4.39 Å². The molecule has 0 saturated carbocycles. The Morgan fingerprint density at radius 2 is 1.76 bits per heavy atom. The average molecular weight is 369 g/mol. The minimum absolute atomic E-state index is 0.194. The van der Waals surface area contributed by atoms with Crippen molar-refractivity contribution in [3.63, 3.8) is 0 Å². The summed E-state index contributed by atoms with van der Waals surface area (Å²) in [5, 5.41) is 4.18. The topological polar surface area (TPSA) is 12.0 Å². The molecule has 0 aromatic heterocycles. The third kappa shape index (κ3) is 3.31. The van der Waals surface area contributed by atoms with Crippen molar-refractivity contribution in [2.45, 2.75) is 18.3 Å². The summed E-state index contributed by atoms with van der Waals surface area (Å²) in [5.74, 6) is 0.479. The van der Waals surface area contributed by atoms with Crippen molar-refractivity contribution in [2.75, 3.05) is 13.1 Å². The average Bonchev–Trinajstić information content (AvgIpc) is 2.51. The molecule has 2 aromatic carbocycles. The lowest BCUT2D eigenvalue weighted by molar-refractivity contribution is 0.403. The maximum absolute atomic E-state index is 13.8. The standard InChI is InChI=1S/C17H16BrClFN/c18-16-6-3-12(9-17(16)20)14-7-8-21-10-15(14)11-1-4-13(19)5-2-11/h1-6,9,14-15,21H,7-8,10H2. The quantitative estimate of drug-likeness (QED) is 0.777. The van der Waals surface area contributed by atoms with Crippen LogP contribution in [0.15, 0.2) is 46.9 Å². The summed E-state index contributed by atoms with van der Waals surface area (Å²) in [6.45, 7) is 1.87. The lowest BCUT2D eigenvalue weighted by atomic mass is 9.77. The fourth-order valence-electron chi connectivity index (χ4n) is 3.06. The van der Waals surface area contributed by atoms with Crippen LogP contribution in [0.25, 0.3) is 0 Å². The molecule has 21 heavy (non-hydrogen) atoms. The molecule has 1 saturated heterocycles. The minimum Gasteiger partial charge on any atom is -0.316 e. The van der Waals surface area contributed by atoms with E-state index in [1.54, 1.807) is 12.1 Å². The summed E-state index contributed by atoms with van der Waals surface area (Å²) in [6.07, 6.45) is 1.01. The molecular weight excluding hydrogens is 353 g/mol. The molecule has 1 aliphatic rings. The van der Waals surface area contributed by atoms with E-state index in [2.05, 4.69) is 33.4 Å². The van der Waals surface area contributed by atoms with Crippen molar-refractivity contribution in [1.29, 1.82) is 0 Å². The number of piperidine rings is 1. The SMILES string of the molecule is Fc1cc(C2CCNCC2c2ccc(Cl)cc2)ccc1Br. The Morgan fingerprint density at radius 1 is 1.05 bits per heavy atom. The fourth-order valence-corrected chi connectivity index (χ4v) is 3.43. The van der Waals surface area contributed by atoms with Gasteiger partial charge in [0.2, 0.25) is 0 Å². The maximum atomic E-state index is 13.8. The minimum atomic E-state index is -0.194. The summed E-state index contributed by atoms with van der Waals surface area (Å²) in [6, 6.07) is 13.5. The lowest BCUT2D eigenvalue weighted by Gasteiger charge is -2.33. The van der Waals surface area contributed by atoms with Gasteiger partial charge in [0.15, 0.2) is 0 Å². The van der Waals surface area contributed by atoms with Gasteiger partial charge in [0.1, 0.15) is 5.82 Å². The Kier molecular flexibility index (Phi) is 4.63. The highest BCUT2D eigenvalue weighted by molar-refractivity contribution is 9.10. The molecular formula is C17H16BrClFN. The second kappa shape index (κ2) is 6.47. The van der Waals surface area contributed by atoms with Crippen LogP contribution in [0.2, 0.25) is 5.02 Å². The molecule has 2 aromatic rings. The second-order valence-electron chi connectivity index (χ2n) is 5.43. The van der Waals surface area contributed by atoms with Crippen LogP contribution in [-0.2, 0) is 0 Å². The van der Waals surface area contributed by atoms with Gasteiger partial charge in [-0.25, -0.2) is 4.39 Å². The first-order valence-corrected chi connectivity index (χ1v) is 8.23. The van der Waals surface area contributed by atoms with Gasteiger partial charge in [-0.2, -0.15) is 0 Å². The summed E-state index contributed by atoms with van der Waals surface area (Å²) in [4.78, 5) is 0. The van der Waals surface area contributed by atoms with E-state index in [-0.39, 0.29) is 5.82 Å². The van der Waals surface area contributed by atoms with Gasteiger partial charge in [0.25, 0.3) is 0 Å². The third-order valence-corrected chi connectivity index (χ3v) is 5.05. The predicted molar refractivity (Wildman–Crippen MR) is 88.5 cm³/mol. The van der Waals surface area contributed by atoms with Gasteiger partial charge in [-0.15, -0.1) is 0 Å². The number of benzene rings is 2. The molecule has 1 heterocycles. The van der Waals surface area contributed by atoms with Crippen molar-refractivity contribution in [3.05, 3.63) is 68.9 Å². The molecule has 110 valence electrons. The summed E-state index contributed by atoms with van der Waals surface area (Å²) < 4.78 is 14.4. The van der Waals surface area contributed by atoms with Crippen LogP contribution >= 0.6 is 27.5 Å². The van der Waals surface area contributed by atoms with Gasteiger partial charge in [0.05, 0.1) is 4.47 Å². The number of hydrogen-bond donors (Lipinski definition) is 1. The number of halogens is 3. The summed E-state index contributed by atoms with van der Waals surface area (Å²) >= 11 is 9.19. The molecule has 1 aliphatic heterocycles. The Hall–Kier alpha value is -0.900. The van der Waals surface area contributed by atoms with E-state index in [0.29, 0.717) is 16.3 Å². The Bertz CT molecular complexity index is 629. The molecule has 4 heteroatoms.